The van der Waals surface area contributed by atoms with Crippen LogP contribution in [0.2, 0.25) is 0 Å². The van der Waals surface area contributed by atoms with Crippen LogP contribution in [0.3, 0.4) is 0 Å². The lowest BCUT2D eigenvalue weighted by molar-refractivity contribution is 0.367. The predicted molar refractivity (Wildman–Crippen MR) is 86.0 cm³/mol. The second-order valence-corrected chi connectivity index (χ2v) is 5.69. The molecule has 118 valence electrons. The highest BCUT2D eigenvalue weighted by molar-refractivity contribution is 5.60. The van der Waals surface area contributed by atoms with E-state index < -0.39 is 0 Å². The number of imidazole rings is 1. The summed E-state index contributed by atoms with van der Waals surface area (Å²) in [5.74, 6) is 0.622. The molecule has 4 heterocycles. The fourth-order valence-corrected chi connectivity index (χ4v) is 2.94. The van der Waals surface area contributed by atoms with Crippen LogP contribution in [0.15, 0.2) is 43.0 Å². The molecule has 1 aliphatic rings. The number of alkyl halides is 1. The van der Waals surface area contributed by atoms with Gasteiger partial charge in [0.1, 0.15) is 17.2 Å². The molecule has 1 aliphatic heterocycles. The fourth-order valence-electron chi connectivity index (χ4n) is 2.94. The third-order valence-corrected chi connectivity index (χ3v) is 4.19. The average Bonchev–Trinajstić information content (AvgIpc) is 3.21. The van der Waals surface area contributed by atoms with Crippen molar-refractivity contribution in [2.24, 2.45) is 5.92 Å². The molecule has 0 bridgehead atoms. The third-order valence-electron chi connectivity index (χ3n) is 4.19. The van der Waals surface area contributed by atoms with Crippen LogP contribution >= 0.6 is 0 Å². The lowest BCUT2D eigenvalue weighted by atomic mass is 10.1. The van der Waals surface area contributed by atoms with Gasteiger partial charge in [-0.2, -0.15) is 0 Å². The Morgan fingerprint density at radius 2 is 2.22 bits per heavy atom. The van der Waals surface area contributed by atoms with Crippen LogP contribution in [0, 0.1) is 5.92 Å². The first kappa shape index (κ1) is 14.1. The monoisotopic (exact) mass is 312 g/mol. The minimum Gasteiger partial charge on any atom is -0.364 e. The molecule has 0 spiro atoms. The molecule has 0 aromatic carbocycles. The second kappa shape index (κ2) is 5.92. The smallest absolute Gasteiger partial charge is 0.145 e. The van der Waals surface area contributed by atoms with Crippen molar-refractivity contribution in [3.05, 3.63) is 43.0 Å². The molecule has 0 amide bonds. The van der Waals surface area contributed by atoms with E-state index in [0.717, 1.165) is 23.6 Å². The van der Waals surface area contributed by atoms with Crippen molar-refractivity contribution in [1.29, 1.82) is 0 Å². The van der Waals surface area contributed by atoms with Crippen molar-refractivity contribution in [1.82, 2.24) is 24.7 Å². The van der Waals surface area contributed by atoms with Crippen molar-refractivity contribution < 1.29 is 4.39 Å². The maximum Gasteiger partial charge on any atom is 0.145 e. The standard InChI is InChI=1S/C16H17FN6/c17-5-11-6-18-7-12(11)21-15-10-19-8-13(22-15)14-9-20-16-3-1-2-4-23(14)16/h1-4,8-12,18H,5-7H2,(H,21,22)/t11-,12+/m1/s1. The Morgan fingerprint density at radius 3 is 3.13 bits per heavy atom. The Kier molecular flexibility index (Phi) is 3.63. The van der Waals surface area contributed by atoms with Crippen LogP contribution in [0.5, 0.6) is 0 Å². The molecular weight excluding hydrogens is 295 g/mol. The number of hydrogen-bond donors (Lipinski definition) is 2. The van der Waals surface area contributed by atoms with E-state index in [9.17, 15) is 4.39 Å². The molecular formula is C16H17FN6. The maximum absolute atomic E-state index is 13.0. The molecule has 0 unspecified atom stereocenters. The molecule has 4 rings (SSSR count). The van der Waals surface area contributed by atoms with Gasteiger partial charge in [0, 0.05) is 31.2 Å². The van der Waals surface area contributed by atoms with Crippen LogP contribution in [-0.4, -0.2) is 45.2 Å². The molecule has 7 heteroatoms. The number of pyridine rings is 1. The Balaban J connectivity index is 1.64. The van der Waals surface area contributed by atoms with Crippen molar-refractivity contribution in [3.8, 4) is 11.4 Å². The highest BCUT2D eigenvalue weighted by Gasteiger charge is 2.27. The lowest BCUT2D eigenvalue weighted by Crippen LogP contribution is -2.29. The summed E-state index contributed by atoms with van der Waals surface area (Å²) in [6, 6.07) is 5.87. The van der Waals surface area contributed by atoms with Gasteiger partial charge in [0.15, 0.2) is 0 Å². The van der Waals surface area contributed by atoms with E-state index in [4.69, 9.17) is 0 Å². The van der Waals surface area contributed by atoms with E-state index in [1.165, 1.54) is 0 Å². The van der Waals surface area contributed by atoms with E-state index in [1.807, 2.05) is 28.8 Å². The number of fused-ring (bicyclic) bond motifs is 1. The molecule has 23 heavy (non-hydrogen) atoms. The molecule has 0 radical (unpaired) electrons. The number of halogens is 1. The van der Waals surface area contributed by atoms with Gasteiger partial charge in [0.05, 0.1) is 31.0 Å². The van der Waals surface area contributed by atoms with Crippen molar-refractivity contribution in [2.75, 3.05) is 25.1 Å². The quantitative estimate of drug-likeness (QED) is 0.768. The molecule has 2 N–H and O–H groups in total. The van der Waals surface area contributed by atoms with E-state index in [1.54, 1.807) is 18.6 Å². The zero-order valence-corrected chi connectivity index (χ0v) is 12.5. The molecule has 0 aliphatic carbocycles. The SMILES string of the molecule is FC[C@@H]1CNC[C@@H]1Nc1cncc(-c2cnc3ccccn23)n1. The molecule has 0 saturated carbocycles. The number of hydrogen-bond acceptors (Lipinski definition) is 5. The van der Waals surface area contributed by atoms with E-state index >= 15 is 0 Å². The van der Waals surface area contributed by atoms with Gasteiger partial charge in [-0.3, -0.25) is 13.8 Å². The van der Waals surface area contributed by atoms with Crippen LogP contribution in [0.1, 0.15) is 0 Å². The van der Waals surface area contributed by atoms with Gasteiger partial charge in [-0.1, -0.05) is 6.07 Å². The number of aromatic nitrogens is 4. The molecule has 2 atom stereocenters. The molecule has 3 aromatic heterocycles. The first-order chi connectivity index (χ1) is 11.3. The largest absolute Gasteiger partial charge is 0.364 e. The summed E-state index contributed by atoms with van der Waals surface area (Å²) < 4.78 is 15.0. The van der Waals surface area contributed by atoms with Gasteiger partial charge in [0.2, 0.25) is 0 Å². The minimum absolute atomic E-state index is 0.0312. The van der Waals surface area contributed by atoms with Gasteiger partial charge in [-0.05, 0) is 12.1 Å². The number of rotatable bonds is 4. The highest BCUT2D eigenvalue weighted by Crippen LogP contribution is 2.21. The zero-order valence-electron chi connectivity index (χ0n) is 12.5. The van der Waals surface area contributed by atoms with E-state index in [0.29, 0.717) is 12.4 Å². The third kappa shape index (κ3) is 2.63. The number of nitrogens with one attached hydrogen (secondary N) is 2. The summed E-state index contributed by atoms with van der Waals surface area (Å²) in [4.78, 5) is 13.2. The van der Waals surface area contributed by atoms with Crippen LogP contribution in [0.25, 0.3) is 17.0 Å². The summed E-state index contributed by atoms with van der Waals surface area (Å²) in [6.07, 6.45) is 7.10. The topological polar surface area (TPSA) is 67.1 Å². The molecule has 1 saturated heterocycles. The molecule has 3 aromatic rings. The lowest BCUT2D eigenvalue weighted by Gasteiger charge is -2.17. The van der Waals surface area contributed by atoms with Gasteiger partial charge < -0.3 is 10.6 Å². The summed E-state index contributed by atoms with van der Waals surface area (Å²) in [6.45, 7) is 1.08. The Morgan fingerprint density at radius 1 is 1.26 bits per heavy atom. The number of nitrogens with zero attached hydrogens (tertiary/aromatic N) is 4. The maximum atomic E-state index is 13.0. The molecule has 6 nitrogen and oxygen atoms in total. The number of anilines is 1. The summed E-state index contributed by atoms with van der Waals surface area (Å²) in [5.41, 5.74) is 2.47. The predicted octanol–water partition coefficient (Wildman–Crippen LogP) is 1.76. The van der Waals surface area contributed by atoms with Crippen molar-refractivity contribution >= 4 is 11.5 Å². The first-order valence-corrected chi connectivity index (χ1v) is 7.63. The van der Waals surface area contributed by atoms with Gasteiger partial charge >= 0.3 is 0 Å². The first-order valence-electron chi connectivity index (χ1n) is 7.63. The van der Waals surface area contributed by atoms with E-state index in [2.05, 4.69) is 25.6 Å². The van der Waals surface area contributed by atoms with Gasteiger partial charge in [-0.15, -0.1) is 0 Å². The van der Waals surface area contributed by atoms with Crippen molar-refractivity contribution in [3.63, 3.8) is 0 Å². The Labute approximate surface area is 132 Å². The Hall–Kier alpha value is -2.54. The second-order valence-electron chi connectivity index (χ2n) is 5.69. The summed E-state index contributed by atoms with van der Waals surface area (Å²) >= 11 is 0. The molecule has 1 fully saturated rings. The van der Waals surface area contributed by atoms with Crippen LogP contribution in [0.4, 0.5) is 10.2 Å². The van der Waals surface area contributed by atoms with Crippen molar-refractivity contribution in [2.45, 2.75) is 6.04 Å². The van der Waals surface area contributed by atoms with E-state index in [-0.39, 0.29) is 18.6 Å². The normalized spacial score (nSPS) is 20.9. The average molecular weight is 312 g/mol. The highest BCUT2D eigenvalue weighted by atomic mass is 19.1. The minimum atomic E-state index is -0.342. The fraction of sp³-hybridized carbons (Fsp3) is 0.312. The van der Waals surface area contributed by atoms with Gasteiger partial charge in [0.25, 0.3) is 0 Å². The summed E-state index contributed by atoms with van der Waals surface area (Å²) in [5, 5.41) is 6.48. The zero-order chi connectivity index (χ0) is 15.6. The van der Waals surface area contributed by atoms with Crippen LogP contribution in [-0.2, 0) is 0 Å². The van der Waals surface area contributed by atoms with Gasteiger partial charge in [-0.25, -0.2) is 9.97 Å². The van der Waals surface area contributed by atoms with Crippen LogP contribution < -0.4 is 10.6 Å². The summed E-state index contributed by atoms with van der Waals surface area (Å²) in [7, 11) is 0. The Bertz CT molecular complexity index is 817.